The summed E-state index contributed by atoms with van der Waals surface area (Å²) in [7, 11) is 0. The van der Waals surface area contributed by atoms with Crippen molar-refractivity contribution < 1.29 is 14.7 Å². The van der Waals surface area contributed by atoms with E-state index in [0.717, 1.165) is 6.08 Å². The highest BCUT2D eigenvalue weighted by atomic mass is 16.4. The fourth-order valence-corrected chi connectivity index (χ4v) is 0.382. The van der Waals surface area contributed by atoms with Crippen LogP contribution in [0.1, 0.15) is 13.8 Å². The molecule has 3 heteroatoms. The predicted molar refractivity (Wildman–Crippen MR) is 41.2 cm³/mol. The summed E-state index contributed by atoms with van der Waals surface area (Å²) >= 11 is 0. The van der Waals surface area contributed by atoms with Crippen molar-refractivity contribution in [3.63, 3.8) is 0 Å². The van der Waals surface area contributed by atoms with Crippen LogP contribution in [0, 0.1) is 0 Å². The Balaban J connectivity index is 4.44. The van der Waals surface area contributed by atoms with Crippen LogP contribution in [0.25, 0.3) is 0 Å². The van der Waals surface area contributed by atoms with Gasteiger partial charge in [-0.25, -0.2) is 4.79 Å². The molecule has 0 radical (unpaired) electrons. The normalized spacial score (nSPS) is 10.9. The second kappa shape index (κ2) is 3.71. The maximum Gasteiger partial charge on any atom is 0.331 e. The van der Waals surface area contributed by atoms with Crippen molar-refractivity contribution in [2.75, 3.05) is 0 Å². The topological polar surface area (TPSA) is 54.4 Å². The molecule has 11 heavy (non-hydrogen) atoms. The zero-order valence-corrected chi connectivity index (χ0v) is 6.55. The Morgan fingerprint density at radius 3 is 2.09 bits per heavy atom. The van der Waals surface area contributed by atoms with Gasteiger partial charge >= 0.3 is 5.97 Å². The molecule has 0 aromatic rings. The van der Waals surface area contributed by atoms with Crippen LogP contribution < -0.4 is 0 Å². The number of rotatable bonds is 3. The standard InChI is InChI=1S/C8H10O3/c1-5(2)7(9)4-6(3)8(10)11/h4H,1H2,2-3H3,(H,10,11)/b6-4+. The SMILES string of the molecule is C=C(C)C(=O)/C=C(\C)C(=O)O. The second-order valence-corrected chi connectivity index (χ2v) is 2.28. The fourth-order valence-electron chi connectivity index (χ4n) is 0.382. The number of allylic oxidation sites excluding steroid dienone is 2. The molecule has 0 saturated heterocycles. The van der Waals surface area contributed by atoms with Gasteiger partial charge in [0.15, 0.2) is 5.78 Å². The van der Waals surface area contributed by atoms with Crippen LogP contribution in [0.5, 0.6) is 0 Å². The van der Waals surface area contributed by atoms with E-state index in [-0.39, 0.29) is 11.4 Å². The molecule has 0 aliphatic carbocycles. The Morgan fingerprint density at radius 2 is 1.82 bits per heavy atom. The molecule has 0 heterocycles. The Hall–Kier alpha value is -1.38. The Morgan fingerprint density at radius 1 is 1.36 bits per heavy atom. The molecule has 0 aromatic carbocycles. The highest BCUT2D eigenvalue weighted by molar-refractivity contribution is 6.07. The van der Waals surface area contributed by atoms with Crippen molar-refractivity contribution in [2.24, 2.45) is 0 Å². The molecule has 3 nitrogen and oxygen atoms in total. The van der Waals surface area contributed by atoms with Crippen LogP contribution in [-0.2, 0) is 9.59 Å². The third-order valence-electron chi connectivity index (χ3n) is 1.11. The molecular formula is C8H10O3. The number of carboxylic acid groups (broad SMARTS) is 1. The number of carbonyl (C=O) groups excluding carboxylic acids is 1. The summed E-state index contributed by atoms with van der Waals surface area (Å²) in [4.78, 5) is 21.0. The number of ketones is 1. The van der Waals surface area contributed by atoms with Crippen molar-refractivity contribution in [3.8, 4) is 0 Å². The number of carbonyl (C=O) groups is 2. The van der Waals surface area contributed by atoms with E-state index in [4.69, 9.17) is 5.11 Å². The van der Waals surface area contributed by atoms with Crippen LogP contribution in [0.15, 0.2) is 23.8 Å². The van der Waals surface area contributed by atoms with Gasteiger partial charge in [0.05, 0.1) is 0 Å². The van der Waals surface area contributed by atoms with Gasteiger partial charge < -0.3 is 5.11 Å². The lowest BCUT2D eigenvalue weighted by Gasteiger charge is -1.92. The molecule has 0 aliphatic rings. The van der Waals surface area contributed by atoms with E-state index in [0.29, 0.717) is 5.57 Å². The van der Waals surface area contributed by atoms with Gasteiger partial charge in [-0.2, -0.15) is 0 Å². The predicted octanol–water partition coefficient (Wildman–Crippen LogP) is 1.16. The maximum absolute atomic E-state index is 10.8. The highest BCUT2D eigenvalue weighted by Gasteiger charge is 2.03. The van der Waals surface area contributed by atoms with Crippen LogP contribution in [0.4, 0.5) is 0 Å². The summed E-state index contributed by atoms with van der Waals surface area (Å²) in [6.45, 7) is 6.28. The zero-order valence-electron chi connectivity index (χ0n) is 6.55. The third kappa shape index (κ3) is 3.35. The van der Waals surface area contributed by atoms with Gasteiger partial charge in [0.1, 0.15) is 0 Å². The van der Waals surface area contributed by atoms with E-state index in [9.17, 15) is 9.59 Å². The summed E-state index contributed by atoms with van der Waals surface area (Å²) in [5.41, 5.74) is 0.364. The third-order valence-corrected chi connectivity index (χ3v) is 1.11. The molecular weight excluding hydrogens is 144 g/mol. The first-order valence-corrected chi connectivity index (χ1v) is 3.06. The summed E-state index contributed by atoms with van der Waals surface area (Å²) in [5.74, 6) is -1.43. The molecule has 0 spiro atoms. The van der Waals surface area contributed by atoms with E-state index in [1.807, 2.05) is 0 Å². The Kier molecular flexibility index (Phi) is 3.24. The van der Waals surface area contributed by atoms with Gasteiger partial charge in [0.25, 0.3) is 0 Å². The van der Waals surface area contributed by atoms with Crippen LogP contribution >= 0.6 is 0 Å². The van der Waals surface area contributed by atoms with Crippen molar-refractivity contribution >= 4 is 11.8 Å². The molecule has 0 aromatic heterocycles. The molecule has 60 valence electrons. The quantitative estimate of drug-likeness (QED) is 0.620. The number of aliphatic carboxylic acids is 1. The number of hydrogen-bond donors (Lipinski definition) is 1. The van der Waals surface area contributed by atoms with Crippen molar-refractivity contribution in [2.45, 2.75) is 13.8 Å². The highest BCUT2D eigenvalue weighted by Crippen LogP contribution is 1.97. The first-order chi connectivity index (χ1) is 4.95. The van der Waals surface area contributed by atoms with Gasteiger partial charge in [0.2, 0.25) is 0 Å². The average Bonchev–Trinajstić information content (AvgIpc) is 1.87. The van der Waals surface area contributed by atoms with E-state index in [1.165, 1.54) is 13.8 Å². The maximum atomic E-state index is 10.8. The Bertz CT molecular complexity index is 236. The van der Waals surface area contributed by atoms with E-state index >= 15 is 0 Å². The Labute approximate surface area is 65.0 Å². The largest absolute Gasteiger partial charge is 0.478 e. The van der Waals surface area contributed by atoms with Gasteiger partial charge in [0, 0.05) is 5.57 Å². The van der Waals surface area contributed by atoms with E-state index in [2.05, 4.69) is 6.58 Å². The van der Waals surface area contributed by atoms with Gasteiger partial charge in [-0.05, 0) is 25.5 Å². The summed E-state index contributed by atoms with van der Waals surface area (Å²) in [5, 5.41) is 8.36. The van der Waals surface area contributed by atoms with Crippen molar-refractivity contribution in [3.05, 3.63) is 23.8 Å². The molecule has 0 fully saturated rings. The van der Waals surface area contributed by atoms with Gasteiger partial charge in [-0.3, -0.25) is 4.79 Å². The minimum atomic E-state index is -1.08. The fraction of sp³-hybridized carbons (Fsp3) is 0.250. The summed E-state index contributed by atoms with van der Waals surface area (Å²) in [6.07, 6.45) is 1.06. The van der Waals surface area contributed by atoms with Crippen LogP contribution in [0.2, 0.25) is 0 Å². The monoisotopic (exact) mass is 154 g/mol. The molecule has 0 bridgehead atoms. The number of hydrogen-bond acceptors (Lipinski definition) is 2. The van der Waals surface area contributed by atoms with E-state index in [1.54, 1.807) is 0 Å². The zero-order chi connectivity index (χ0) is 9.02. The molecule has 0 amide bonds. The molecule has 0 rings (SSSR count). The lowest BCUT2D eigenvalue weighted by atomic mass is 10.1. The van der Waals surface area contributed by atoms with E-state index < -0.39 is 5.97 Å². The summed E-state index contributed by atoms with van der Waals surface area (Å²) in [6, 6.07) is 0. The first-order valence-electron chi connectivity index (χ1n) is 3.06. The van der Waals surface area contributed by atoms with Crippen LogP contribution in [0.3, 0.4) is 0 Å². The smallest absolute Gasteiger partial charge is 0.331 e. The molecule has 0 unspecified atom stereocenters. The van der Waals surface area contributed by atoms with Crippen molar-refractivity contribution in [1.29, 1.82) is 0 Å². The van der Waals surface area contributed by atoms with Gasteiger partial charge in [-0.1, -0.05) is 6.58 Å². The minimum Gasteiger partial charge on any atom is -0.478 e. The lowest BCUT2D eigenvalue weighted by Crippen LogP contribution is -2.01. The molecule has 1 N–H and O–H groups in total. The van der Waals surface area contributed by atoms with Crippen LogP contribution in [-0.4, -0.2) is 16.9 Å². The minimum absolute atomic E-state index is 0.0259. The molecule has 0 aliphatic heterocycles. The molecule has 0 saturated carbocycles. The average molecular weight is 154 g/mol. The first kappa shape index (κ1) is 9.62. The van der Waals surface area contributed by atoms with Gasteiger partial charge in [-0.15, -0.1) is 0 Å². The lowest BCUT2D eigenvalue weighted by molar-refractivity contribution is -0.132. The number of carboxylic acids is 1. The van der Waals surface area contributed by atoms with Crippen molar-refractivity contribution in [1.82, 2.24) is 0 Å². The molecule has 0 atom stereocenters. The summed E-state index contributed by atoms with van der Waals surface area (Å²) < 4.78 is 0. The second-order valence-electron chi connectivity index (χ2n) is 2.28.